The third-order valence-electron chi connectivity index (χ3n) is 3.21. The molecule has 2 rings (SSSR count). The summed E-state index contributed by atoms with van der Waals surface area (Å²) in [6, 6.07) is 3.82. The van der Waals surface area contributed by atoms with E-state index in [1.165, 1.54) is 0 Å². The average molecular weight is 273 g/mol. The van der Waals surface area contributed by atoms with Crippen LogP contribution in [0.15, 0.2) is 24.5 Å². The lowest BCUT2D eigenvalue weighted by Crippen LogP contribution is -2.25. The highest BCUT2D eigenvalue weighted by molar-refractivity contribution is 5.95. The molecule has 0 radical (unpaired) electrons. The van der Waals surface area contributed by atoms with Crippen molar-refractivity contribution in [2.75, 3.05) is 19.0 Å². The number of aromatic nitrogens is 3. The van der Waals surface area contributed by atoms with Gasteiger partial charge in [-0.15, -0.1) is 0 Å². The Labute approximate surface area is 118 Å². The van der Waals surface area contributed by atoms with Gasteiger partial charge in [-0.1, -0.05) is 6.07 Å². The van der Waals surface area contributed by atoms with E-state index in [0.29, 0.717) is 12.1 Å². The Morgan fingerprint density at radius 2 is 2.20 bits per heavy atom. The van der Waals surface area contributed by atoms with Crippen LogP contribution < -0.4 is 10.2 Å². The van der Waals surface area contributed by atoms with Gasteiger partial charge >= 0.3 is 0 Å². The molecule has 2 heterocycles. The van der Waals surface area contributed by atoms with E-state index in [1.54, 1.807) is 17.1 Å². The van der Waals surface area contributed by atoms with Crippen molar-refractivity contribution in [3.8, 4) is 0 Å². The third kappa shape index (κ3) is 2.79. The van der Waals surface area contributed by atoms with Gasteiger partial charge in [0.1, 0.15) is 5.82 Å². The minimum atomic E-state index is -0.121. The van der Waals surface area contributed by atoms with Crippen LogP contribution >= 0.6 is 0 Å². The number of nitrogens with zero attached hydrogens (tertiary/aromatic N) is 4. The molecule has 0 aliphatic heterocycles. The summed E-state index contributed by atoms with van der Waals surface area (Å²) < 4.78 is 1.68. The predicted octanol–water partition coefficient (Wildman–Crippen LogP) is 1.12. The Morgan fingerprint density at radius 1 is 1.45 bits per heavy atom. The predicted molar refractivity (Wildman–Crippen MR) is 77.7 cm³/mol. The number of anilines is 1. The van der Waals surface area contributed by atoms with Gasteiger partial charge in [-0.05, 0) is 13.0 Å². The van der Waals surface area contributed by atoms with Gasteiger partial charge in [0.15, 0.2) is 0 Å². The summed E-state index contributed by atoms with van der Waals surface area (Å²) in [5, 5.41) is 6.98. The molecule has 1 amide bonds. The largest absolute Gasteiger partial charge is 0.362 e. The summed E-state index contributed by atoms with van der Waals surface area (Å²) >= 11 is 0. The molecule has 106 valence electrons. The highest BCUT2D eigenvalue weighted by atomic mass is 16.1. The number of hydrogen-bond acceptors (Lipinski definition) is 4. The van der Waals surface area contributed by atoms with Crippen LogP contribution in [0.2, 0.25) is 0 Å². The van der Waals surface area contributed by atoms with Crippen molar-refractivity contribution in [1.82, 2.24) is 20.1 Å². The molecule has 2 aromatic heterocycles. The van der Waals surface area contributed by atoms with E-state index in [-0.39, 0.29) is 5.91 Å². The van der Waals surface area contributed by atoms with Gasteiger partial charge in [0, 0.05) is 45.1 Å². The molecule has 20 heavy (non-hydrogen) atoms. The van der Waals surface area contributed by atoms with E-state index in [0.717, 1.165) is 17.1 Å². The number of hydrogen-bond donors (Lipinski definition) is 1. The van der Waals surface area contributed by atoms with Crippen LogP contribution in [-0.2, 0) is 13.6 Å². The summed E-state index contributed by atoms with van der Waals surface area (Å²) in [7, 11) is 5.68. The third-order valence-corrected chi connectivity index (χ3v) is 3.21. The van der Waals surface area contributed by atoms with Crippen molar-refractivity contribution >= 4 is 11.7 Å². The monoisotopic (exact) mass is 273 g/mol. The molecular weight excluding hydrogens is 254 g/mol. The summed E-state index contributed by atoms with van der Waals surface area (Å²) in [6.07, 6.45) is 3.33. The molecule has 0 aliphatic rings. The number of carbonyl (C=O) groups excluding carboxylic acids is 1. The molecule has 6 heteroatoms. The Kier molecular flexibility index (Phi) is 4.02. The van der Waals surface area contributed by atoms with Crippen LogP contribution in [0.3, 0.4) is 0 Å². The number of nitrogens with one attached hydrogen (secondary N) is 1. The summed E-state index contributed by atoms with van der Waals surface area (Å²) in [6.45, 7) is 2.31. The van der Waals surface area contributed by atoms with E-state index in [2.05, 4.69) is 15.4 Å². The average Bonchev–Trinajstić information content (AvgIpc) is 2.76. The molecule has 2 aromatic rings. The van der Waals surface area contributed by atoms with Gasteiger partial charge in [-0.25, -0.2) is 4.98 Å². The Hall–Kier alpha value is -2.37. The first kappa shape index (κ1) is 14.0. The fraction of sp³-hybridized carbons (Fsp3) is 0.357. The van der Waals surface area contributed by atoms with E-state index >= 15 is 0 Å². The van der Waals surface area contributed by atoms with Crippen LogP contribution in [-0.4, -0.2) is 34.8 Å². The minimum Gasteiger partial charge on any atom is -0.362 e. The fourth-order valence-corrected chi connectivity index (χ4v) is 1.96. The van der Waals surface area contributed by atoms with Crippen molar-refractivity contribution in [2.24, 2.45) is 7.05 Å². The second-order valence-electron chi connectivity index (χ2n) is 4.83. The first-order chi connectivity index (χ1) is 9.50. The molecule has 6 nitrogen and oxygen atoms in total. The van der Waals surface area contributed by atoms with Gasteiger partial charge in [0.05, 0.1) is 11.8 Å². The van der Waals surface area contributed by atoms with Crippen LogP contribution in [0.1, 0.15) is 21.6 Å². The standard InChI is InChI=1S/C14H19N5O/c1-10-12(9-17-19(10)4)14(20)16-8-11-6-5-7-15-13(11)18(2)3/h5-7,9H,8H2,1-4H3,(H,16,20). The molecule has 0 bridgehead atoms. The van der Waals surface area contributed by atoms with Crippen molar-refractivity contribution in [2.45, 2.75) is 13.5 Å². The van der Waals surface area contributed by atoms with Gasteiger partial charge in [-0.2, -0.15) is 5.10 Å². The lowest BCUT2D eigenvalue weighted by atomic mass is 10.2. The molecule has 0 atom stereocenters. The van der Waals surface area contributed by atoms with Gasteiger partial charge in [0.2, 0.25) is 0 Å². The molecule has 0 fully saturated rings. The lowest BCUT2D eigenvalue weighted by molar-refractivity contribution is 0.0950. The molecule has 0 saturated carbocycles. The quantitative estimate of drug-likeness (QED) is 0.906. The van der Waals surface area contributed by atoms with Crippen molar-refractivity contribution in [3.05, 3.63) is 41.3 Å². The van der Waals surface area contributed by atoms with Crippen LogP contribution in [0.5, 0.6) is 0 Å². The van der Waals surface area contributed by atoms with Crippen molar-refractivity contribution in [1.29, 1.82) is 0 Å². The normalized spacial score (nSPS) is 10.4. The zero-order chi connectivity index (χ0) is 14.7. The number of rotatable bonds is 4. The smallest absolute Gasteiger partial charge is 0.255 e. The van der Waals surface area contributed by atoms with E-state index in [1.807, 2.05) is 45.1 Å². The zero-order valence-electron chi connectivity index (χ0n) is 12.2. The van der Waals surface area contributed by atoms with E-state index < -0.39 is 0 Å². The van der Waals surface area contributed by atoms with Crippen LogP contribution in [0.4, 0.5) is 5.82 Å². The number of amides is 1. The Balaban J connectivity index is 2.10. The fourth-order valence-electron chi connectivity index (χ4n) is 1.96. The lowest BCUT2D eigenvalue weighted by Gasteiger charge is -2.16. The summed E-state index contributed by atoms with van der Waals surface area (Å²) in [4.78, 5) is 18.4. The molecular formula is C14H19N5O. The SMILES string of the molecule is Cc1c(C(=O)NCc2cccnc2N(C)C)cnn1C. The minimum absolute atomic E-state index is 0.121. The van der Waals surface area contributed by atoms with E-state index in [9.17, 15) is 4.79 Å². The number of pyridine rings is 1. The maximum absolute atomic E-state index is 12.1. The maximum Gasteiger partial charge on any atom is 0.255 e. The van der Waals surface area contributed by atoms with Crippen LogP contribution in [0.25, 0.3) is 0 Å². The summed E-state index contributed by atoms with van der Waals surface area (Å²) in [5.41, 5.74) is 2.43. The summed E-state index contributed by atoms with van der Waals surface area (Å²) in [5.74, 6) is 0.736. The first-order valence-corrected chi connectivity index (χ1v) is 6.38. The second-order valence-corrected chi connectivity index (χ2v) is 4.83. The first-order valence-electron chi connectivity index (χ1n) is 6.38. The highest BCUT2D eigenvalue weighted by Crippen LogP contribution is 2.14. The number of carbonyl (C=O) groups is 1. The topological polar surface area (TPSA) is 63.1 Å². The zero-order valence-corrected chi connectivity index (χ0v) is 12.2. The second kappa shape index (κ2) is 5.73. The highest BCUT2D eigenvalue weighted by Gasteiger charge is 2.13. The molecule has 0 unspecified atom stereocenters. The molecule has 0 saturated heterocycles. The van der Waals surface area contributed by atoms with Crippen molar-refractivity contribution < 1.29 is 4.79 Å². The molecule has 0 spiro atoms. The van der Waals surface area contributed by atoms with Gasteiger partial charge in [0.25, 0.3) is 5.91 Å². The van der Waals surface area contributed by atoms with Crippen LogP contribution in [0, 0.1) is 6.92 Å². The molecule has 1 N–H and O–H groups in total. The van der Waals surface area contributed by atoms with E-state index in [4.69, 9.17) is 0 Å². The Morgan fingerprint density at radius 3 is 2.80 bits per heavy atom. The van der Waals surface area contributed by atoms with Crippen molar-refractivity contribution in [3.63, 3.8) is 0 Å². The van der Waals surface area contributed by atoms with Gasteiger partial charge in [-0.3, -0.25) is 9.48 Å². The molecule has 0 aliphatic carbocycles. The maximum atomic E-state index is 12.1. The molecule has 0 aromatic carbocycles. The Bertz CT molecular complexity index is 618. The van der Waals surface area contributed by atoms with Gasteiger partial charge < -0.3 is 10.2 Å². The number of aryl methyl sites for hydroxylation is 1.